The third-order valence-electron chi connectivity index (χ3n) is 3.77. The minimum Gasteiger partial charge on any atom is -0.378 e. The van der Waals surface area contributed by atoms with Gasteiger partial charge in [-0.1, -0.05) is 0 Å². The van der Waals surface area contributed by atoms with Crippen LogP contribution in [0.1, 0.15) is 37.4 Å². The second kappa shape index (κ2) is 11.2. The standard InChI is InChI=1S/C16H28N4OS.HI/c1-4-17-16(18-9-6-14-12-22-13(3)19-14)20-10-7-15(8-11-20)21-5-2;/h12,15H,4-11H2,1-3H3,(H,17,18);1H. The Bertz CT molecular complexity index is 472. The van der Waals surface area contributed by atoms with Crippen LogP contribution in [-0.2, 0) is 11.2 Å². The molecule has 2 heterocycles. The number of hydrogen-bond donors (Lipinski definition) is 1. The number of hydrogen-bond acceptors (Lipinski definition) is 4. The molecule has 1 N–H and O–H groups in total. The number of aliphatic imine (C=N–C) groups is 1. The molecule has 0 atom stereocenters. The monoisotopic (exact) mass is 452 g/mol. The molecule has 0 spiro atoms. The Morgan fingerprint density at radius 3 is 2.74 bits per heavy atom. The van der Waals surface area contributed by atoms with Gasteiger partial charge in [-0.05, 0) is 33.6 Å². The molecule has 0 aliphatic carbocycles. The number of nitrogens with zero attached hydrogens (tertiary/aromatic N) is 3. The molecule has 5 nitrogen and oxygen atoms in total. The molecule has 23 heavy (non-hydrogen) atoms. The van der Waals surface area contributed by atoms with Crippen LogP contribution in [-0.4, -0.2) is 54.7 Å². The zero-order valence-corrected chi connectivity index (χ0v) is 17.5. The summed E-state index contributed by atoms with van der Waals surface area (Å²) in [5.41, 5.74) is 1.15. The molecule has 0 radical (unpaired) electrons. The van der Waals surface area contributed by atoms with Crippen LogP contribution in [0.2, 0.25) is 0 Å². The predicted octanol–water partition coefficient (Wildman–Crippen LogP) is 3.08. The highest BCUT2D eigenvalue weighted by Crippen LogP contribution is 2.14. The lowest BCUT2D eigenvalue weighted by atomic mass is 10.1. The number of likely N-dealkylation sites (tertiary alicyclic amines) is 1. The van der Waals surface area contributed by atoms with E-state index in [1.54, 1.807) is 11.3 Å². The van der Waals surface area contributed by atoms with Gasteiger partial charge in [0.05, 0.1) is 16.8 Å². The average Bonchev–Trinajstić information content (AvgIpc) is 2.93. The number of halogens is 1. The van der Waals surface area contributed by atoms with Gasteiger partial charge in [-0.2, -0.15) is 0 Å². The van der Waals surface area contributed by atoms with Gasteiger partial charge in [-0.25, -0.2) is 4.98 Å². The van der Waals surface area contributed by atoms with E-state index < -0.39 is 0 Å². The topological polar surface area (TPSA) is 49.8 Å². The molecule has 0 aromatic carbocycles. The van der Waals surface area contributed by atoms with E-state index in [4.69, 9.17) is 9.73 Å². The summed E-state index contributed by atoms with van der Waals surface area (Å²) in [6, 6.07) is 0. The zero-order chi connectivity index (χ0) is 15.8. The second-order valence-electron chi connectivity index (χ2n) is 5.49. The third kappa shape index (κ3) is 6.93. The lowest BCUT2D eigenvalue weighted by Crippen LogP contribution is -2.47. The molecule has 1 aromatic heterocycles. The molecule has 1 saturated heterocycles. The Balaban J connectivity index is 0.00000264. The van der Waals surface area contributed by atoms with Gasteiger partial charge in [0, 0.05) is 44.6 Å². The normalized spacial score (nSPS) is 16.3. The van der Waals surface area contributed by atoms with E-state index in [-0.39, 0.29) is 24.0 Å². The second-order valence-corrected chi connectivity index (χ2v) is 6.55. The maximum atomic E-state index is 5.72. The van der Waals surface area contributed by atoms with Gasteiger partial charge in [0.2, 0.25) is 0 Å². The first-order chi connectivity index (χ1) is 10.7. The maximum Gasteiger partial charge on any atom is 0.193 e. The van der Waals surface area contributed by atoms with Crippen LogP contribution >= 0.6 is 35.3 Å². The first-order valence-electron chi connectivity index (χ1n) is 8.28. The van der Waals surface area contributed by atoms with Crippen LogP contribution in [0.25, 0.3) is 0 Å². The Morgan fingerprint density at radius 1 is 1.43 bits per heavy atom. The summed E-state index contributed by atoms with van der Waals surface area (Å²) in [4.78, 5) is 11.6. The highest BCUT2D eigenvalue weighted by atomic mass is 127. The van der Waals surface area contributed by atoms with Crippen molar-refractivity contribution in [3.63, 3.8) is 0 Å². The van der Waals surface area contributed by atoms with E-state index in [0.29, 0.717) is 6.10 Å². The summed E-state index contributed by atoms with van der Waals surface area (Å²) in [7, 11) is 0. The fourth-order valence-electron chi connectivity index (χ4n) is 2.70. The average molecular weight is 452 g/mol. The molecule has 7 heteroatoms. The minimum absolute atomic E-state index is 0. The number of piperidine rings is 1. The number of ether oxygens (including phenoxy) is 1. The quantitative estimate of drug-likeness (QED) is 0.410. The summed E-state index contributed by atoms with van der Waals surface area (Å²) in [6.07, 6.45) is 3.50. The highest BCUT2D eigenvalue weighted by molar-refractivity contribution is 14.0. The molecule has 1 aliphatic heterocycles. The Labute approximate surface area is 160 Å². The molecular weight excluding hydrogens is 423 g/mol. The number of nitrogens with one attached hydrogen (secondary N) is 1. The van der Waals surface area contributed by atoms with Crippen LogP contribution in [0.15, 0.2) is 10.4 Å². The van der Waals surface area contributed by atoms with Crippen molar-refractivity contribution in [2.45, 2.75) is 46.1 Å². The van der Waals surface area contributed by atoms with E-state index in [1.807, 2.05) is 6.92 Å². The van der Waals surface area contributed by atoms with Crippen LogP contribution in [0.3, 0.4) is 0 Å². The third-order valence-corrected chi connectivity index (χ3v) is 4.60. The van der Waals surface area contributed by atoms with Crippen molar-refractivity contribution in [1.29, 1.82) is 0 Å². The number of guanidine groups is 1. The molecule has 0 bridgehead atoms. The van der Waals surface area contributed by atoms with Gasteiger partial charge in [-0.3, -0.25) is 4.99 Å². The van der Waals surface area contributed by atoms with Gasteiger partial charge in [0.15, 0.2) is 5.96 Å². The lowest BCUT2D eigenvalue weighted by molar-refractivity contribution is 0.0264. The fourth-order valence-corrected chi connectivity index (χ4v) is 3.34. The SMILES string of the molecule is CCNC(=NCCc1csc(C)n1)N1CCC(OCC)CC1.I. The van der Waals surface area contributed by atoms with Crippen molar-refractivity contribution in [2.75, 3.05) is 32.8 Å². The van der Waals surface area contributed by atoms with Crippen LogP contribution in [0.5, 0.6) is 0 Å². The Morgan fingerprint density at radius 2 is 2.17 bits per heavy atom. The summed E-state index contributed by atoms with van der Waals surface area (Å²) < 4.78 is 5.72. The summed E-state index contributed by atoms with van der Waals surface area (Å²) in [5, 5.41) is 6.67. The van der Waals surface area contributed by atoms with Crippen molar-refractivity contribution < 1.29 is 4.74 Å². The fraction of sp³-hybridized carbons (Fsp3) is 0.750. The van der Waals surface area contributed by atoms with E-state index in [2.05, 4.69) is 34.4 Å². The van der Waals surface area contributed by atoms with E-state index in [1.165, 1.54) is 0 Å². The van der Waals surface area contributed by atoms with Gasteiger partial charge in [0.25, 0.3) is 0 Å². The van der Waals surface area contributed by atoms with E-state index in [9.17, 15) is 0 Å². The predicted molar refractivity (Wildman–Crippen MR) is 108 cm³/mol. The maximum absolute atomic E-state index is 5.72. The van der Waals surface area contributed by atoms with E-state index >= 15 is 0 Å². The highest BCUT2D eigenvalue weighted by Gasteiger charge is 2.21. The summed E-state index contributed by atoms with van der Waals surface area (Å²) in [5.74, 6) is 1.03. The van der Waals surface area contributed by atoms with Crippen molar-refractivity contribution in [1.82, 2.24) is 15.2 Å². The summed E-state index contributed by atoms with van der Waals surface area (Å²) in [6.45, 7) is 10.8. The smallest absolute Gasteiger partial charge is 0.193 e. The van der Waals surface area contributed by atoms with Gasteiger partial charge in [-0.15, -0.1) is 35.3 Å². The molecule has 132 valence electrons. The zero-order valence-electron chi connectivity index (χ0n) is 14.4. The first-order valence-corrected chi connectivity index (χ1v) is 9.16. The number of aromatic nitrogens is 1. The molecule has 1 aromatic rings. The van der Waals surface area contributed by atoms with Gasteiger partial charge in [0.1, 0.15) is 0 Å². The molecule has 0 amide bonds. The number of rotatable bonds is 6. The van der Waals surface area contributed by atoms with Crippen molar-refractivity contribution in [3.8, 4) is 0 Å². The molecule has 0 unspecified atom stereocenters. The van der Waals surface area contributed by atoms with Crippen LogP contribution < -0.4 is 5.32 Å². The largest absolute Gasteiger partial charge is 0.378 e. The molecular formula is C16H29IN4OS. The van der Waals surface area contributed by atoms with E-state index in [0.717, 1.165) is 68.7 Å². The van der Waals surface area contributed by atoms with Crippen LogP contribution in [0, 0.1) is 6.92 Å². The molecule has 2 rings (SSSR count). The minimum atomic E-state index is 0. The number of thiazole rings is 1. The van der Waals surface area contributed by atoms with Crippen molar-refractivity contribution in [3.05, 3.63) is 16.1 Å². The Kier molecular flexibility index (Phi) is 10.0. The van der Waals surface area contributed by atoms with Crippen LogP contribution in [0.4, 0.5) is 0 Å². The van der Waals surface area contributed by atoms with Crippen molar-refractivity contribution >= 4 is 41.3 Å². The summed E-state index contributed by atoms with van der Waals surface area (Å²) >= 11 is 1.71. The Hall–Kier alpha value is -0.410. The molecule has 1 aliphatic rings. The van der Waals surface area contributed by atoms with Crippen molar-refractivity contribution in [2.24, 2.45) is 4.99 Å². The van der Waals surface area contributed by atoms with Gasteiger partial charge >= 0.3 is 0 Å². The van der Waals surface area contributed by atoms with Gasteiger partial charge < -0.3 is 15.0 Å². The first kappa shape index (κ1) is 20.6. The molecule has 1 fully saturated rings. The molecule has 0 saturated carbocycles. The number of aryl methyl sites for hydroxylation is 1. The lowest BCUT2D eigenvalue weighted by Gasteiger charge is -2.34.